The van der Waals surface area contributed by atoms with Gasteiger partial charge in [-0.15, -0.1) is 0 Å². The standard InChI is InChI=1S/C21H25ClO3/c1-20(2,3)15-11-14(19(24)25)16(12-7-9-13(22)10-8-12)17(18(15)23)21(4,5)6/h7-11,23H,1-6H3,(H,24,25). The van der Waals surface area contributed by atoms with Crippen molar-refractivity contribution in [3.63, 3.8) is 0 Å². The molecule has 0 saturated heterocycles. The van der Waals surface area contributed by atoms with E-state index in [0.717, 1.165) is 5.56 Å². The number of aromatic carboxylic acids is 1. The van der Waals surface area contributed by atoms with Gasteiger partial charge >= 0.3 is 5.97 Å². The molecule has 25 heavy (non-hydrogen) atoms. The molecule has 0 radical (unpaired) electrons. The highest BCUT2D eigenvalue weighted by molar-refractivity contribution is 6.30. The molecule has 0 heterocycles. The van der Waals surface area contributed by atoms with Crippen LogP contribution in [0.4, 0.5) is 0 Å². The van der Waals surface area contributed by atoms with E-state index in [4.69, 9.17) is 11.6 Å². The average Bonchev–Trinajstić information content (AvgIpc) is 2.44. The van der Waals surface area contributed by atoms with Gasteiger partial charge in [-0.25, -0.2) is 4.79 Å². The van der Waals surface area contributed by atoms with Gasteiger partial charge in [0, 0.05) is 21.7 Å². The summed E-state index contributed by atoms with van der Waals surface area (Å²) >= 11 is 5.98. The summed E-state index contributed by atoms with van der Waals surface area (Å²) in [5.41, 5.74) is 1.91. The maximum absolute atomic E-state index is 12.0. The van der Waals surface area contributed by atoms with E-state index in [-0.39, 0.29) is 16.7 Å². The second-order valence-electron chi connectivity index (χ2n) is 8.38. The number of hydrogen-bond acceptors (Lipinski definition) is 2. The molecule has 0 bridgehead atoms. The van der Waals surface area contributed by atoms with Gasteiger partial charge in [-0.05, 0) is 34.6 Å². The average molecular weight is 361 g/mol. The Balaban J connectivity index is 3.01. The van der Waals surface area contributed by atoms with Gasteiger partial charge in [0.1, 0.15) is 5.75 Å². The number of hydrogen-bond donors (Lipinski definition) is 2. The van der Waals surface area contributed by atoms with Crippen LogP contribution >= 0.6 is 11.6 Å². The predicted octanol–water partition coefficient (Wildman–Crippen LogP) is 6.01. The fraction of sp³-hybridized carbons (Fsp3) is 0.381. The second-order valence-corrected chi connectivity index (χ2v) is 8.82. The van der Waals surface area contributed by atoms with Crippen molar-refractivity contribution in [1.82, 2.24) is 0 Å². The first-order chi connectivity index (χ1) is 11.3. The number of phenols is 1. The Morgan fingerprint density at radius 1 is 0.960 bits per heavy atom. The maximum Gasteiger partial charge on any atom is 0.336 e. The smallest absolute Gasteiger partial charge is 0.336 e. The van der Waals surface area contributed by atoms with Gasteiger partial charge in [0.25, 0.3) is 0 Å². The van der Waals surface area contributed by atoms with Gasteiger partial charge < -0.3 is 10.2 Å². The van der Waals surface area contributed by atoms with Crippen molar-refractivity contribution in [3.05, 3.63) is 52.0 Å². The minimum Gasteiger partial charge on any atom is -0.507 e. The summed E-state index contributed by atoms with van der Waals surface area (Å²) in [5, 5.41) is 21.5. The molecule has 3 nitrogen and oxygen atoms in total. The number of benzene rings is 2. The zero-order valence-corrected chi connectivity index (χ0v) is 16.3. The summed E-state index contributed by atoms with van der Waals surface area (Å²) in [4.78, 5) is 12.0. The highest BCUT2D eigenvalue weighted by atomic mass is 35.5. The third-order valence-electron chi connectivity index (χ3n) is 4.22. The quantitative estimate of drug-likeness (QED) is 0.689. The molecule has 2 rings (SSSR count). The van der Waals surface area contributed by atoms with E-state index in [2.05, 4.69) is 0 Å². The molecule has 0 unspecified atom stereocenters. The van der Waals surface area contributed by atoms with Crippen molar-refractivity contribution >= 4 is 17.6 Å². The molecule has 134 valence electrons. The highest BCUT2D eigenvalue weighted by Crippen LogP contribution is 2.46. The first-order valence-corrected chi connectivity index (χ1v) is 8.62. The molecular weight excluding hydrogens is 336 g/mol. The summed E-state index contributed by atoms with van der Waals surface area (Å²) in [5.74, 6) is -0.851. The lowest BCUT2D eigenvalue weighted by atomic mass is 9.74. The van der Waals surface area contributed by atoms with Crippen molar-refractivity contribution in [2.75, 3.05) is 0 Å². The van der Waals surface area contributed by atoms with Crippen LogP contribution in [0.1, 0.15) is 63.0 Å². The summed E-state index contributed by atoms with van der Waals surface area (Å²) in [6.45, 7) is 11.8. The Morgan fingerprint density at radius 2 is 1.48 bits per heavy atom. The van der Waals surface area contributed by atoms with Crippen molar-refractivity contribution in [2.45, 2.75) is 52.4 Å². The minimum atomic E-state index is -1.01. The van der Waals surface area contributed by atoms with Crippen LogP contribution in [0.3, 0.4) is 0 Å². The molecule has 0 atom stereocenters. The molecule has 0 aliphatic heterocycles. The Kier molecular flexibility index (Phi) is 4.93. The minimum absolute atomic E-state index is 0.162. The number of carboxylic acids is 1. The molecule has 0 spiro atoms. The number of aromatic hydroxyl groups is 1. The fourth-order valence-corrected chi connectivity index (χ4v) is 3.19. The lowest BCUT2D eigenvalue weighted by molar-refractivity contribution is 0.0697. The molecule has 2 N–H and O–H groups in total. The maximum atomic E-state index is 12.0. The van der Waals surface area contributed by atoms with Crippen LogP contribution in [0.5, 0.6) is 5.75 Å². The summed E-state index contributed by atoms with van der Waals surface area (Å²) in [7, 11) is 0. The molecule has 2 aromatic carbocycles. The largest absolute Gasteiger partial charge is 0.507 e. The SMILES string of the molecule is CC(C)(C)c1cc(C(=O)O)c(-c2ccc(Cl)cc2)c(C(C)(C)C)c1O. The van der Waals surface area contributed by atoms with E-state index < -0.39 is 11.4 Å². The van der Waals surface area contributed by atoms with Crippen LogP contribution in [0.15, 0.2) is 30.3 Å². The van der Waals surface area contributed by atoms with E-state index in [0.29, 0.717) is 21.7 Å². The van der Waals surface area contributed by atoms with E-state index in [1.54, 1.807) is 30.3 Å². The van der Waals surface area contributed by atoms with Crippen molar-refractivity contribution in [3.8, 4) is 16.9 Å². The number of carbonyl (C=O) groups is 1. The van der Waals surface area contributed by atoms with Crippen LogP contribution < -0.4 is 0 Å². The molecule has 0 amide bonds. The van der Waals surface area contributed by atoms with Crippen molar-refractivity contribution in [1.29, 1.82) is 0 Å². The van der Waals surface area contributed by atoms with E-state index in [9.17, 15) is 15.0 Å². The number of rotatable bonds is 2. The summed E-state index contributed by atoms with van der Waals surface area (Å²) < 4.78 is 0. The number of carboxylic acid groups (broad SMARTS) is 1. The number of halogens is 1. The van der Waals surface area contributed by atoms with Crippen molar-refractivity contribution < 1.29 is 15.0 Å². The molecule has 2 aromatic rings. The van der Waals surface area contributed by atoms with Crippen LogP contribution in [-0.4, -0.2) is 16.2 Å². The van der Waals surface area contributed by atoms with E-state index in [1.165, 1.54) is 0 Å². The van der Waals surface area contributed by atoms with Gasteiger partial charge in [-0.1, -0.05) is 65.3 Å². The van der Waals surface area contributed by atoms with Crippen molar-refractivity contribution in [2.24, 2.45) is 0 Å². The van der Waals surface area contributed by atoms with Crippen LogP contribution in [0.2, 0.25) is 5.02 Å². The zero-order valence-electron chi connectivity index (χ0n) is 15.6. The predicted molar refractivity (Wildman–Crippen MR) is 103 cm³/mol. The Labute approximate surface area is 154 Å². The summed E-state index contributed by atoms with van der Waals surface area (Å²) in [6, 6.07) is 8.62. The zero-order chi connectivity index (χ0) is 19.2. The fourth-order valence-electron chi connectivity index (χ4n) is 3.06. The molecule has 0 aliphatic carbocycles. The van der Waals surface area contributed by atoms with Gasteiger partial charge in [0.05, 0.1) is 5.56 Å². The third kappa shape index (κ3) is 3.82. The van der Waals surface area contributed by atoms with Gasteiger partial charge in [-0.3, -0.25) is 0 Å². The Bertz CT molecular complexity index is 807. The second kappa shape index (κ2) is 6.38. The number of phenolic OH excluding ortho intramolecular Hbond substituents is 1. The molecule has 0 aromatic heterocycles. The topological polar surface area (TPSA) is 57.5 Å². The first-order valence-electron chi connectivity index (χ1n) is 8.24. The third-order valence-corrected chi connectivity index (χ3v) is 4.47. The Hall–Kier alpha value is -2.00. The molecule has 0 aliphatic rings. The highest BCUT2D eigenvalue weighted by Gasteiger charge is 2.32. The van der Waals surface area contributed by atoms with E-state index in [1.807, 2.05) is 41.5 Å². The Morgan fingerprint density at radius 3 is 1.88 bits per heavy atom. The normalized spacial score (nSPS) is 12.3. The van der Waals surface area contributed by atoms with Crippen LogP contribution in [0.25, 0.3) is 11.1 Å². The van der Waals surface area contributed by atoms with Gasteiger partial charge in [-0.2, -0.15) is 0 Å². The van der Waals surface area contributed by atoms with Gasteiger partial charge in [0.2, 0.25) is 0 Å². The molecular formula is C21H25ClO3. The van der Waals surface area contributed by atoms with Crippen LogP contribution in [0, 0.1) is 0 Å². The van der Waals surface area contributed by atoms with E-state index >= 15 is 0 Å². The van der Waals surface area contributed by atoms with Crippen LogP contribution in [-0.2, 0) is 10.8 Å². The molecule has 0 fully saturated rings. The lowest BCUT2D eigenvalue weighted by Crippen LogP contribution is -2.20. The summed E-state index contributed by atoms with van der Waals surface area (Å²) in [6.07, 6.45) is 0. The first kappa shape index (κ1) is 19.3. The monoisotopic (exact) mass is 360 g/mol. The lowest BCUT2D eigenvalue weighted by Gasteiger charge is -2.31. The molecule has 0 saturated carbocycles. The van der Waals surface area contributed by atoms with Gasteiger partial charge in [0.15, 0.2) is 0 Å². The molecule has 4 heteroatoms.